The Morgan fingerprint density at radius 3 is 2.50 bits per heavy atom. The minimum atomic E-state index is -0.809. The molecule has 6 nitrogen and oxygen atoms in total. The van der Waals surface area contributed by atoms with Crippen molar-refractivity contribution in [3.63, 3.8) is 0 Å². The van der Waals surface area contributed by atoms with Gasteiger partial charge in [0.2, 0.25) is 0 Å². The molecule has 0 bridgehead atoms. The molecule has 6 rings (SSSR count). The highest BCUT2D eigenvalue weighted by Crippen LogP contribution is 2.71. The predicted octanol–water partition coefficient (Wildman–Crippen LogP) is 5.26. The number of benzene rings is 2. The van der Waals surface area contributed by atoms with Crippen molar-refractivity contribution in [2.45, 2.75) is 38.3 Å². The van der Waals surface area contributed by atoms with Crippen LogP contribution in [-0.2, 0) is 11.3 Å². The molecule has 1 unspecified atom stereocenters. The number of amides is 1. The third kappa shape index (κ3) is 3.66. The summed E-state index contributed by atoms with van der Waals surface area (Å²) >= 11 is 0. The fourth-order valence-corrected chi connectivity index (χ4v) is 6.28. The third-order valence-electron chi connectivity index (χ3n) is 7.99. The molecule has 1 amide bonds. The summed E-state index contributed by atoms with van der Waals surface area (Å²) in [5, 5.41) is 12.8. The van der Waals surface area contributed by atoms with Crippen molar-refractivity contribution in [2.24, 2.45) is 11.3 Å². The first-order valence-electron chi connectivity index (χ1n) is 12.1. The zero-order valence-corrected chi connectivity index (χ0v) is 19.9. The number of carbonyl (C=O) groups is 2. The van der Waals surface area contributed by atoms with Crippen molar-refractivity contribution in [3.05, 3.63) is 90.1 Å². The second-order valence-electron chi connectivity index (χ2n) is 10.5. The van der Waals surface area contributed by atoms with Gasteiger partial charge < -0.3 is 15.0 Å². The van der Waals surface area contributed by atoms with Crippen molar-refractivity contribution in [1.82, 2.24) is 14.9 Å². The van der Waals surface area contributed by atoms with Gasteiger partial charge in [0.25, 0.3) is 5.91 Å². The molecule has 2 aromatic heterocycles. The lowest BCUT2D eigenvalue weighted by molar-refractivity contribution is -0.141. The molecule has 0 aliphatic heterocycles. The standard InChI is InChI=1S/C29H26FN3O3/c1-28(15-25(34)35)17-29(14-24(28)29)32-27(36)22-6-7-23(30)21-10-13-33(26(21)22)16-18-2-4-19(5-3-18)20-8-11-31-12-9-20/h2-13,24H,14-17H2,1H3,(H,32,36)(H,34,35)/t24-,28-,29?/m1/s1. The third-order valence-corrected chi connectivity index (χ3v) is 7.99. The molecule has 2 aliphatic carbocycles. The fraction of sp³-hybridized carbons (Fsp3) is 0.276. The van der Waals surface area contributed by atoms with E-state index >= 15 is 0 Å². The Labute approximate surface area is 207 Å². The first-order valence-corrected chi connectivity index (χ1v) is 12.1. The molecule has 36 heavy (non-hydrogen) atoms. The maximum Gasteiger partial charge on any atom is 0.303 e. The molecule has 182 valence electrons. The van der Waals surface area contributed by atoms with Crippen molar-refractivity contribution in [1.29, 1.82) is 0 Å². The van der Waals surface area contributed by atoms with Crippen molar-refractivity contribution >= 4 is 22.8 Å². The summed E-state index contributed by atoms with van der Waals surface area (Å²) in [7, 11) is 0. The first kappa shape index (κ1) is 22.5. The molecule has 0 radical (unpaired) electrons. The number of aromatic nitrogens is 2. The number of hydrogen-bond acceptors (Lipinski definition) is 3. The summed E-state index contributed by atoms with van der Waals surface area (Å²) in [5.41, 5.74) is 3.58. The summed E-state index contributed by atoms with van der Waals surface area (Å²) in [6.45, 7) is 2.47. The largest absolute Gasteiger partial charge is 0.481 e. The van der Waals surface area contributed by atoms with E-state index in [2.05, 4.69) is 10.3 Å². The number of aliphatic carboxylic acids is 1. The van der Waals surface area contributed by atoms with Crippen LogP contribution in [0.25, 0.3) is 22.0 Å². The van der Waals surface area contributed by atoms with Crippen LogP contribution in [0.1, 0.15) is 42.1 Å². The van der Waals surface area contributed by atoms with Gasteiger partial charge >= 0.3 is 5.97 Å². The molecular formula is C29H26FN3O3. The van der Waals surface area contributed by atoms with Crippen molar-refractivity contribution < 1.29 is 19.1 Å². The molecule has 3 atom stereocenters. The molecule has 7 heteroatoms. The highest BCUT2D eigenvalue weighted by Gasteiger charge is 2.73. The maximum absolute atomic E-state index is 14.7. The van der Waals surface area contributed by atoms with Gasteiger partial charge in [-0.05, 0) is 71.2 Å². The Kier molecular flexibility index (Phi) is 5.00. The molecule has 2 aliphatic rings. The number of nitrogens with zero attached hydrogens (tertiary/aromatic N) is 2. The SMILES string of the molecule is C[C@@]1(CC(=O)O)CC2(NC(=O)c3ccc(F)c4ccn(Cc5ccc(-c6ccncc6)cc5)c34)C[C@@H]21. The number of carboxylic acid groups (broad SMARTS) is 1. The van der Waals surface area contributed by atoms with Gasteiger partial charge in [-0.25, -0.2) is 4.39 Å². The van der Waals surface area contributed by atoms with Crippen LogP contribution in [0.2, 0.25) is 0 Å². The number of pyridine rings is 1. The van der Waals surface area contributed by atoms with Crippen molar-refractivity contribution in [3.8, 4) is 11.1 Å². The number of halogens is 1. The summed E-state index contributed by atoms with van der Waals surface area (Å²) in [6, 6.07) is 16.7. The Hall–Kier alpha value is -4.00. The van der Waals surface area contributed by atoms with E-state index in [-0.39, 0.29) is 35.0 Å². The number of carboxylic acids is 1. The summed E-state index contributed by atoms with van der Waals surface area (Å²) in [4.78, 5) is 28.7. The Balaban J connectivity index is 1.25. The number of fused-ring (bicyclic) bond motifs is 2. The topological polar surface area (TPSA) is 84.2 Å². The lowest BCUT2D eigenvalue weighted by Gasteiger charge is -2.44. The number of rotatable bonds is 7. The van der Waals surface area contributed by atoms with Gasteiger partial charge in [-0.1, -0.05) is 31.2 Å². The maximum atomic E-state index is 14.7. The smallest absolute Gasteiger partial charge is 0.303 e. The van der Waals surface area contributed by atoms with E-state index in [4.69, 9.17) is 0 Å². The normalized spacial score (nSPS) is 24.1. The molecule has 0 saturated heterocycles. The molecule has 2 fully saturated rings. The monoisotopic (exact) mass is 483 g/mol. The lowest BCUT2D eigenvalue weighted by atomic mass is 9.65. The zero-order chi connectivity index (χ0) is 25.1. The fourth-order valence-electron chi connectivity index (χ4n) is 6.28. The van der Waals surface area contributed by atoms with Crippen LogP contribution < -0.4 is 5.32 Å². The molecule has 2 N–H and O–H groups in total. The molecular weight excluding hydrogens is 457 g/mol. The number of carbonyl (C=O) groups excluding carboxylic acids is 1. The molecule has 0 spiro atoms. The summed E-state index contributed by atoms with van der Waals surface area (Å²) in [6.07, 6.45) is 6.88. The van der Waals surface area contributed by atoms with E-state index in [0.29, 0.717) is 29.4 Å². The summed E-state index contributed by atoms with van der Waals surface area (Å²) < 4.78 is 16.6. The lowest BCUT2D eigenvalue weighted by Crippen LogP contribution is -2.52. The highest BCUT2D eigenvalue weighted by atomic mass is 19.1. The van der Waals surface area contributed by atoms with Gasteiger partial charge in [-0.2, -0.15) is 0 Å². The van der Waals surface area contributed by atoms with E-state index in [1.165, 1.54) is 6.07 Å². The van der Waals surface area contributed by atoms with Gasteiger partial charge in [0, 0.05) is 36.1 Å². The predicted molar refractivity (Wildman–Crippen MR) is 134 cm³/mol. The van der Waals surface area contributed by atoms with Gasteiger partial charge in [0.05, 0.1) is 17.5 Å². The average molecular weight is 484 g/mol. The van der Waals surface area contributed by atoms with E-state index in [9.17, 15) is 19.1 Å². The van der Waals surface area contributed by atoms with Gasteiger partial charge in [-0.3, -0.25) is 14.6 Å². The van der Waals surface area contributed by atoms with Crippen LogP contribution >= 0.6 is 0 Å². The second-order valence-corrected chi connectivity index (χ2v) is 10.5. The molecule has 2 aromatic carbocycles. The van der Waals surface area contributed by atoms with E-state index in [0.717, 1.165) is 23.1 Å². The molecule has 2 heterocycles. The second kappa shape index (κ2) is 8.01. The molecule has 2 saturated carbocycles. The minimum Gasteiger partial charge on any atom is -0.481 e. The summed E-state index contributed by atoms with van der Waals surface area (Å²) in [5.74, 6) is -1.25. The Morgan fingerprint density at radius 2 is 1.81 bits per heavy atom. The Bertz CT molecular complexity index is 1500. The van der Waals surface area contributed by atoms with Crippen LogP contribution in [0.15, 0.2) is 73.2 Å². The Morgan fingerprint density at radius 1 is 1.08 bits per heavy atom. The minimum absolute atomic E-state index is 0.110. The van der Waals surface area contributed by atoms with Gasteiger partial charge in [0.1, 0.15) is 5.82 Å². The number of nitrogens with one attached hydrogen (secondary N) is 1. The van der Waals surface area contributed by atoms with Crippen molar-refractivity contribution in [2.75, 3.05) is 0 Å². The van der Waals surface area contributed by atoms with Gasteiger partial charge in [-0.15, -0.1) is 0 Å². The quantitative estimate of drug-likeness (QED) is 0.375. The van der Waals surface area contributed by atoms with Crippen LogP contribution in [0.5, 0.6) is 0 Å². The van der Waals surface area contributed by atoms with Crippen LogP contribution in [0.3, 0.4) is 0 Å². The van der Waals surface area contributed by atoms with E-state index in [1.807, 2.05) is 54.1 Å². The zero-order valence-electron chi connectivity index (χ0n) is 19.9. The number of hydrogen-bond donors (Lipinski definition) is 2. The van der Waals surface area contributed by atoms with Crippen LogP contribution in [0, 0.1) is 17.2 Å². The highest BCUT2D eigenvalue weighted by molar-refractivity contribution is 6.06. The van der Waals surface area contributed by atoms with E-state index < -0.39 is 5.97 Å². The van der Waals surface area contributed by atoms with E-state index in [1.54, 1.807) is 24.5 Å². The van der Waals surface area contributed by atoms with Gasteiger partial charge in [0.15, 0.2) is 0 Å². The molecule has 4 aromatic rings. The first-order chi connectivity index (χ1) is 17.3. The van der Waals surface area contributed by atoms with Crippen LogP contribution in [0.4, 0.5) is 4.39 Å². The average Bonchev–Trinajstić information content (AvgIpc) is 3.27. The van der Waals surface area contributed by atoms with Crippen LogP contribution in [-0.4, -0.2) is 32.1 Å².